The molecule has 0 heterocycles. The van der Waals surface area contributed by atoms with Crippen LogP contribution in [0.1, 0.15) is 27.7 Å². The minimum Gasteiger partial charge on any atom is -0.550 e. The van der Waals surface area contributed by atoms with E-state index in [0.29, 0.717) is 0 Å². The van der Waals surface area contributed by atoms with Crippen molar-refractivity contribution >= 4 is 0 Å². The van der Waals surface area contributed by atoms with Crippen LogP contribution in [0.3, 0.4) is 0 Å². The van der Waals surface area contributed by atoms with Crippen molar-refractivity contribution in [2.75, 3.05) is 13.8 Å². The highest BCUT2D eigenvalue weighted by atomic mass is 16.9. The molecule has 0 bridgehead atoms. The predicted octanol–water partition coefficient (Wildman–Crippen LogP) is -2.31. The Hall–Kier alpha value is -0.320. The zero-order chi connectivity index (χ0) is 13.0. The summed E-state index contributed by atoms with van der Waals surface area (Å²) < 4.78 is 5.23. The molecule has 8 nitrogen and oxygen atoms in total. The van der Waals surface area contributed by atoms with E-state index in [4.69, 9.17) is 21.2 Å². The van der Waals surface area contributed by atoms with Crippen molar-refractivity contribution in [1.29, 1.82) is 0 Å². The van der Waals surface area contributed by atoms with Crippen LogP contribution in [0.2, 0.25) is 0 Å². The average molecular weight is 237 g/mol. The van der Waals surface area contributed by atoms with Crippen LogP contribution in [0.5, 0.6) is 0 Å². The molecule has 0 aromatic heterocycles. The minimum atomic E-state index is -0.898. The van der Waals surface area contributed by atoms with Gasteiger partial charge < -0.3 is 21.5 Å². The van der Waals surface area contributed by atoms with Crippen molar-refractivity contribution in [3.05, 3.63) is 11.0 Å². The van der Waals surface area contributed by atoms with Gasteiger partial charge in [-0.15, -0.1) is 4.84 Å². The first-order chi connectivity index (χ1) is 7.03. The van der Waals surface area contributed by atoms with Gasteiger partial charge in [0.05, 0.1) is 0 Å². The summed E-state index contributed by atoms with van der Waals surface area (Å²) in [5.74, 6) is 7.10. The fraction of sp³-hybridized carbons (Fsp3) is 1.00. The molecule has 0 saturated carbocycles. The van der Waals surface area contributed by atoms with Crippen LogP contribution in [-0.2, 0) is 9.57 Å². The third-order valence-electron chi connectivity index (χ3n) is 1.60. The van der Waals surface area contributed by atoms with Gasteiger partial charge in [-0.1, -0.05) is 5.34 Å². The van der Waals surface area contributed by atoms with Gasteiger partial charge in [0.1, 0.15) is 19.5 Å². The van der Waals surface area contributed by atoms with Gasteiger partial charge in [0.25, 0.3) is 0 Å². The smallest absolute Gasteiger partial charge is 0.181 e. The van der Waals surface area contributed by atoms with E-state index in [9.17, 15) is 5.21 Å². The molecule has 0 spiro atoms. The molecule has 0 aliphatic heterocycles. The molecule has 0 saturated heterocycles. The highest BCUT2D eigenvalue weighted by molar-refractivity contribution is 4.62. The SMILES string of the molecule is C[NH+]([NH-])[NH+]([O-])OC(C)(C)NCOC(C)(C)N. The zero-order valence-electron chi connectivity index (χ0n) is 10.5. The predicted molar refractivity (Wildman–Crippen MR) is 58.1 cm³/mol. The summed E-state index contributed by atoms with van der Waals surface area (Å²) in [7, 11) is 1.37. The maximum absolute atomic E-state index is 11.2. The molecule has 0 amide bonds. The lowest BCUT2D eigenvalue weighted by Crippen LogP contribution is -3.53. The van der Waals surface area contributed by atoms with Crippen LogP contribution in [0.25, 0.3) is 5.84 Å². The number of ether oxygens (including phenoxy) is 1. The van der Waals surface area contributed by atoms with Crippen molar-refractivity contribution in [2.45, 2.75) is 39.1 Å². The second-order valence-corrected chi connectivity index (χ2v) is 4.59. The Morgan fingerprint density at radius 3 is 2.25 bits per heavy atom. The highest BCUT2D eigenvalue weighted by Gasteiger charge is 2.25. The van der Waals surface area contributed by atoms with Gasteiger partial charge >= 0.3 is 0 Å². The zero-order valence-corrected chi connectivity index (χ0v) is 10.5. The first-order valence-electron chi connectivity index (χ1n) is 5.00. The molecular weight excluding hydrogens is 214 g/mol. The first-order valence-corrected chi connectivity index (χ1v) is 5.00. The van der Waals surface area contributed by atoms with E-state index in [-0.39, 0.29) is 11.8 Å². The normalized spacial score (nSPS) is 17.2. The van der Waals surface area contributed by atoms with Gasteiger partial charge in [0.2, 0.25) is 0 Å². The molecule has 2 unspecified atom stereocenters. The summed E-state index contributed by atoms with van der Waals surface area (Å²) in [6, 6.07) is 0. The topological polar surface area (TPSA) is 112 Å². The van der Waals surface area contributed by atoms with Crippen molar-refractivity contribution in [3.8, 4) is 0 Å². The first kappa shape index (κ1) is 15.7. The molecule has 0 rings (SSSR count). The Morgan fingerprint density at radius 2 is 1.88 bits per heavy atom. The lowest BCUT2D eigenvalue weighted by Gasteiger charge is -2.34. The molecule has 0 aliphatic rings. The van der Waals surface area contributed by atoms with Gasteiger partial charge in [-0.25, -0.2) is 5.12 Å². The maximum atomic E-state index is 11.2. The van der Waals surface area contributed by atoms with E-state index in [2.05, 4.69) is 5.32 Å². The van der Waals surface area contributed by atoms with Crippen molar-refractivity contribution < 1.29 is 20.0 Å². The van der Waals surface area contributed by atoms with Crippen molar-refractivity contribution in [1.82, 2.24) is 5.32 Å². The van der Waals surface area contributed by atoms with Gasteiger partial charge in [-0.3, -0.25) is 5.32 Å². The number of hydrogen-bond acceptors (Lipinski definition) is 5. The number of quaternary nitrogens is 2. The summed E-state index contributed by atoms with van der Waals surface area (Å²) >= 11 is 0. The summed E-state index contributed by atoms with van der Waals surface area (Å²) in [5, 5.41) is 13.2. The van der Waals surface area contributed by atoms with Gasteiger partial charge in [0, 0.05) is 0 Å². The lowest BCUT2D eigenvalue weighted by atomic mass is 10.3. The van der Waals surface area contributed by atoms with Gasteiger partial charge in [-0.05, 0) is 27.7 Å². The number of nitrogens with two attached hydrogens (primary N) is 1. The van der Waals surface area contributed by atoms with E-state index in [1.54, 1.807) is 27.7 Å². The Morgan fingerprint density at radius 1 is 1.38 bits per heavy atom. The molecule has 6 N–H and O–H groups in total. The standard InChI is InChI=1S/C8H23N5O3/c1-7(2,9)15-6-11-8(3,4)16-13(14)12(5)10/h10-13H,6,9H2,1-5H3. The Labute approximate surface area is 95.9 Å². The van der Waals surface area contributed by atoms with Crippen LogP contribution in [0, 0.1) is 5.21 Å². The molecule has 0 radical (unpaired) electrons. The third-order valence-corrected chi connectivity index (χ3v) is 1.60. The Balaban J connectivity index is 3.96. The molecular formula is C8H23N5O3. The molecule has 0 aromatic carbocycles. The maximum Gasteiger partial charge on any atom is 0.181 e. The lowest BCUT2D eigenvalue weighted by molar-refractivity contribution is -1.54. The van der Waals surface area contributed by atoms with Crippen molar-refractivity contribution in [3.63, 3.8) is 0 Å². The molecule has 16 heavy (non-hydrogen) atoms. The van der Waals surface area contributed by atoms with Gasteiger partial charge in [0.15, 0.2) is 5.72 Å². The minimum absolute atomic E-state index is 0.144. The van der Waals surface area contributed by atoms with E-state index >= 15 is 0 Å². The van der Waals surface area contributed by atoms with Gasteiger partial charge in [-0.2, -0.15) is 0 Å². The Kier molecular flexibility index (Phi) is 5.73. The second-order valence-electron chi connectivity index (χ2n) is 4.59. The number of rotatable bonds is 7. The number of nitrogens with one attached hydrogen (secondary N) is 4. The van der Waals surface area contributed by atoms with Crippen LogP contribution >= 0.6 is 0 Å². The van der Waals surface area contributed by atoms with Crippen LogP contribution < -0.4 is 21.5 Å². The van der Waals surface area contributed by atoms with Crippen molar-refractivity contribution in [2.24, 2.45) is 5.73 Å². The summed E-state index contributed by atoms with van der Waals surface area (Å²) in [5.41, 5.74) is 3.97. The second kappa shape index (κ2) is 5.84. The Bertz CT molecular complexity index is 204. The molecule has 98 valence electrons. The average Bonchev–Trinajstić information content (AvgIpc) is 1.99. The van der Waals surface area contributed by atoms with Crippen LogP contribution in [0.15, 0.2) is 0 Å². The largest absolute Gasteiger partial charge is 0.550 e. The summed E-state index contributed by atoms with van der Waals surface area (Å²) in [6.07, 6.45) is 0. The molecule has 0 aromatic rings. The molecule has 8 heteroatoms. The van der Waals surface area contributed by atoms with E-state index in [1.165, 1.54) is 7.05 Å². The summed E-state index contributed by atoms with van der Waals surface area (Å²) in [4.78, 5) is 5.02. The molecule has 2 atom stereocenters. The monoisotopic (exact) mass is 237 g/mol. The fourth-order valence-corrected chi connectivity index (χ4v) is 0.740. The summed E-state index contributed by atoms with van der Waals surface area (Å²) in [6.45, 7) is 6.92. The molecule has 0 fully saturated rings. The quantitative estimate of drug-likeness (QED) is 0.294. The fourth-order valence-electron chi connectivity index (χ4n) is 0.740. The van der Waals surface area contributed by atoms with Crippen LogP contribution in [-0.4, -0.2) is 25.2 Å². The van der Waals surface area contributed by atoms with E-state index in [1.807, 2.05) is 0 Å². The highest BCUT2D eigenvalue weighted by Crippen LogP contribution is 2.02. The third kappa shape index (κ3) is 7.91. The number of hydrogen-bond donors (Lipinski definition) is 4. The van der Waals surface area contributed by atoms with E-state index in [0.717, 1.165) is 0 Å². The molecule has 0 aliphatic carbocycles. The van der Waals surface area contributed by atoms with E-state index < -0.39 is 16.8 Å². The van der Waals surface area contributed by atoms with Crippen LogP contribution in [0.4, 0.5) is 0 Å².